The topological polar surface area (TPSA) is 13.1 Å². The van der Waals surface area contributed by atoms with Gasteiger partial charge in [0.1, 0.15) is 11.2 Å². The van der Waals surface area contributed by atoms with Gasteiger partial charge in [-0.3, -0.25) is 0 Å². The zero-order valence-corrected chi connectivity index (χ0v) is 28.6. The van der Waals surface area contributed by atoms with Crippen LogP contribution in [0.3, 0.4) is 0 Å². The van der Waals surface area contributed by atoms with Crippen molar-refractivity contribution in [3.05, 3.63) is 170 Å². The summed E-state index contributed by atoms with van der Waals surface area (Å²) in [6.07, 6.45) is 0. The maximum absolute atomic E-state index is 6.68. The zero-order chi connectivity index (χ0) is 34.4. The highest BCUT2D eigenvalue weighted by Gasteiger charge is 2.19. The fourth-order valence-electron chi connectivity index (χ4n) is 9.65. The lowest BCUT2D eigenvalue weighted by atomic mass is 9.85. The average Bonchev–Trinajstić information content (AvgIpc) is 3.55. The third kappa shape index (κ3) is 3.71. The van der Waals surface area contributed by atoms with Gasteiger partial charge in [0.15, 0.2) is 0 Å². The predicted octanol–water partition coefficient (Wildman–Crippen LogP) is 15.0. The summed E-state index contributed by atoms with van der Waals surface area (Å²) in [4.78, 5) is 0. The SMILES string of the molecule is c1ccc2cc3c(cc2c1)oc1cc2c(-c4ccc5ccc6cccc7ccc4c5c67)cc(-c4ccc5ccc6cccc7ccc4c5c67)cc2cc13. The van der Waals surface area contributed by atoms with Crippen molar-refractivity contribution in [3.8, 4) is 22.3 Å². The van der Waals surface area contributed by atoms with Crippen LogP contribution in [-0.2, 0) is 0 Å². The first kappa shape index (κ1) is 27.7. The first-order valence-electron chi connectivity index (χ1n) is 18.4. The van der Waals surface area contributed by atoms with Crippen LogP contribution in [-0.4, -0.2) is 0 Å². The maximum atomic E-state index is 6.68. The summed E-state index contributed by atoms with van der Waals surface area (Å²) < 4.78 is 6.68. The van der Waals surface area contributed by atoms with E-state index in [-0.39, 0.29) is 0 Å². The molecule has 1 nitrogen and oxygen atoms in total. The molecule has 0 fully saturated rings. The lowest BCUT2D eigenvalue weighted by Crippen LogP contribution is -1.91. The minimum absolute atomic E-state index is 0.914. The Bertz CT molecular complexity index is 3640. The van der Waals surface area contributed by atoms with Crippen LogP contribution >= 0.6 is 0 Å². The van der Waals surface area contributed by atoms with Gasteiger partial charge in [-0.15, -0.1) is 0 Å². The molecule has 1 heterocycles. The lowest BCUT2D eigenvalue weighted by molar-refractivity contribution is 0.670. The minimum Gasteiger partial charge on any atom is -0.456 e. The standard InChI is InChI=1S/C52H28O/c1-2-6-36-27-47-45(24-35(36)5-1)46-26-38-23-37(39-19-15-33-13-11-29-7-3-9-31-17-21-41(39)51(33)49(29)31)25-44(43(38)28-48(46)53-47)40-20-16-34-14-12-30-8-4-10-32-18-22-42(40)52(34)50(30)32/h1-28H. The molecule has 0 spiro atoms. The van der Waals surface area contributed by atoms with E-state index in [0.29, 0.717) is 0 Å². The molecule has 53 heavy (non-hydrogen) atoms. The van der Waals surface area contributed by atoms with Crippen molar-refractivity contribution in [1.29, 1.82) is 0 Å². The number of rotatable bonds is 2. The summed E-state index contributed by atoms with van der Waals surface area (Å²) in [6.45, 7) is 0. The van der Waals surface area contributed by atoms with E-state index in [1.54, 1.807) is 0 Å². The summed E-state index contributed by atoms with van der Waals surface area (Å²) in [7, 11) is 0. The fraction of sp³-hybridized carbons (Fsp3) is 0. The molecule has 0 saturated heterocycles. The van der Waals surface area contributed by atoms with Gasteiger partial charge < -0.3 is 4.42 Å². The van der Waals surface area contributed by atoms with Crippen molar-refractivity contribution in [2.45, 2.75) is 0 Å². The number of hydrogen-bond acceptors (Lipinski definition) is 1. The number of furan rings is 1. The van der Waals surface area contributed by atoms with Gasteiger partial charge in [0.25, 0.3) is 0 Å². The summed E-state index contributed by atoms with van der Waals surface area (Å²) in [5.41, 5.74) is 6.76. The van der Waals surface area contributed by atoms with Gasteiger partial charge >= 0.3 is 0 Å². The quantitative estimate of drug-likeness (QED) is 0.167. The molecule has 0 aliphatic heterocycles. The minimum atomic E-state index is 0.914. The van der Waals surface area contributed by atoms with Crippen molar-refractivity contribution in [2.75, 3.05) is 0 Å². The third-order valence-corrected chi connectivity index (χ3v) is 12.1. The molecule has 1 heteroatoms. The van der Waals surface area contributed by atoms with Crippen molar-refractivity contribution in [3.63, 3.8) is 0 Å². The van der Waals surface area contributed by atoms with E-state index in [9.17, 15) is 0 Å². The van der Waals surface area contributed by atoms with E-state index in [4.69, 9.17) is 4.42 Å². The first-order chi connectivity index (χ1) is 26.2. The number of fused-ring (bicyclic) bond motifs is 5. The number of benzene rings is 12. The van der Waals surface area contributed by atoms with Crippen molar-refractivity contribution in [2.24, 2.45) is 0 Å². The van der Waals surface area contributed by atoms with Crippen molar-refractivity contribution >= 4 is 108 Å². The van der Waals surface area contributed by atoms with Crippen LogP contribution in [0.1, 0.15) is 0 Å². The van der Waals surface area contributed by atoms with E-state index in [1.165, 1.54) is 108 Å². The second-order valence-electron chi connectivity index (χ2n) is 14.8. The monoisotopic (exact) mass is 668 g/mol. The van der Waals surface area contributed by atoms with Gasteiger partial charge in [-0.05, 0) is 145 Å². The summed E-state index contributed by atoms with van der Waals surface area (Å²) in [5.74, 6) is 0. The molecular formula is C52H28O. The number of hydrogen-bond donors (Lipinski definition) is 0. The van der Waals surface area contributed by atoms with E-state index >= 15 is 0 Å². The second-order valence-corrected chi connectivity index (χ2v) is 14.8. The molecule has 0 aliphatic carbocycles. The first-order valence-corrected chi connectivity index (χ1v) is 18.4. The fourth-order valence-corrected chi connectivity index (χ4v) is 9.65. The predicted molar refractivity (Wildman–Crippen MR) is 227 cm³/mol. The third-order valence-electron chi connectivity index (χ3n) is 12.1. The summed E-state index contributed by atoms with van der Waals surface area (Å²) >= 11 is 0. The van der Waals surface area contributed by atoms with Gasteiger partial charge in [0, 0.05) is 10.8 Å². The highest BCUT2D eigenvalue weighted by Crippen LogP contribution is 2.46. The highest BCUT2D eigenvalue weighted by atomic mass is 16.3. The molecule has 1 aromatic heterocycles. The summed E-state index contributed by atoms with van der Waals surface area (Å²) in [5, 5.41) is 22.7. The molecule has 0 radical (unpaired) electrons. The van der Waals surface area contributed by atoms with Crippen LogP contribution < -0.4 is 0 Å². The molecule has 13 aromatic rings. The van der Waals surface area contributed by atoms with Crippen LogP contribution in [0.4, 0.5) is 0 Å². The molecule has 0 atom stereocenters. The molecule has 0 unspecified atom stereocenters. The van der Waals surface area contributed by atoms with Crippen LogP contribution in [0.5, 0.6) is 0 Å². The molecular weight excluding hydrogens is 641 g/mol. The Balaban J connectivity index is 1.17. The van der Waals surface area contributed by atoms with Gasteiger partial charge in [0.05, 0.1) is 0 Å². The van der Waals surface area contributed by atoms with E-state index < -0.39 is 0 Å². The van der Waals surface area contributed by atoms with Crippen molar-refractivity contribution < 1.29 is 4.42 Å². The van der Waals surface area contributed by atoms with Gasteiger partial charge in [-0.2, -0.15) is 0 Å². The molecule has 13 rings (SSSR count). The molecule has 0 amide bonds. The Hall–Kier alpha value is -6.96. The molecule has 12 aromatic carbocycles. The van der Waals surface area contributed by atoms with Gasteiger partial charge in [0.2, 0.25) is 0 Å². The van der Waals surface area contributed by atoms with Crippen LogP contribution in [0.15, 0.2) is 174 Å². The Morgan fingerprint density at radius 2 is 0.717 bits per heavy atom. The van der Waals surface area contributed by atoms with Crippen LogP contribution in [0.2, 0.25) is 0 Å². The van der Waals surface area contributed by atoms with Crippen LogP contribution in [0.25, 0.3) is 130 Å². The molecule has 0 aliphatic rings. The molecule has 0 saturated carbocycles. The Kier molecular flexibility index (Phi) is 5.17. The van der Waals surface area contributed by atoms with E-state index in [0.717, 1.165) is 21.9 Å². The highest BCUT2D eigenvalue weighted by molar-refractivity contribution is 6.28. The van der Waals surface area contributed by atoms with Gasteiger partial charge in [-0.1, -0.05) is 133 Å². The van der Waals surface area contributed by atoms with Gasteiger partial charge in [-0.25, -0.2) is 0 Å². The second kappa shape index (κ2) is 9.88. The van der Waals surface area contributed by atoms with E-state index in [1.807, 2.05) is 0 Å². The van der Waals surface area contributed by atoms with Crippen LogP contribution in [0, 0.1) is 0 Å². The zero-order valence-electron chi connectivity index (χ0n) is 28.6. The largest absolute Gasteiger partial charge is 0.456 e. The average molecular weight is 669 g/mol. The normalized spacial score (nSPS) is 12.5. The lowest BCUT2D eigenvalue weighted by Gasteiger charge is -2.18. The Morgan fingerprint density at radius 1 is 0.245 bits per heavy atom. The van der Waals surface area contributed by atoms with E-state index in [2.05, 4.69) is 170 Å². The summed E-state index contributed by atoms with van der Waals surface area (Å²) in [6, 6.07) is 63.4. The Morgan fingerprint density at radius 3 is 1.36 bits per heavy atom. The molecule has 0 bridgehead atoms. The molecule has 0 N–H and O–H groups in total. The van der Waals surface area contributed by atoms with Crippen molar-refractivity contribution in [1.82, 2.24) is 0 Å². The Labute approximate surface area is 303 Å². The maximum Gasteiger partial charge on any atom is 0.136 e. The molecule has 242 valence electrons. The smallest absolute Gasteiger partial charge is 0.136 e.